The Kier molecular flexibility index (Phi) is 4.63. The number of nitrogens with zero attached hydrogens (tertiary/aromatic N) is 3. The number of aryl methyl sites for hydroxylation is 1. The highest BCUT2D eigenvalue weighted by Gasteiger charge is 2.39. The molecule has 1 aromatic rings. The van der Waals surface area contributed by atoms with Gasteiger partial charge in [0.25, 0.3) is 0 Å². The molecular weight excluding hydrogens is 236 g/mol. The first-order valence-corrected chi connectivity index (χ1v) is 7.45. The van der Waals surface area contributed by atoms with Crippen LogP contribution in [-0.4, -0.2) is 40.1 Å². The standard InChI is InChI=1S/C15H28N4/c1-18(2)15(8-6-4-5-7-9-15)13(16)12-14-17-10-11-19(14)3/h10-11,13H,4-9,12,16H2,1-3H3. The molecule has 1 heterocycles. The van der Waals surface area contributed by atoms with Gasteiger partial charge in [-0.3, -0.25) is 0 Å². The molecule has 0 amide bonds. The van der Waals surface area contributed by atoms with E-state index in [0.717, 1.165) is 12.2 Å². The molecule has 1 saturated carbocycles. The zero-order valence-electron chi connectivity index (χ0n) is 12.6. The van der Waals surface area contributed by atoms with Crippen molar-refractivity contribution in [2.45, 2.75) is 56.5 Å². The molecule has 0 bridgehead atoms. The molecule has 0 radical (unpaired) electrons. The Morgan fingerprint density at radius 2 is 1.95 bits per heavy atom. The van der Waals surface area contributed by atoms with Crippen LogP contribution >= 0.6 is 0 Å². The highest BCUT2D eigenvalue weighted by Crippen LogP contribution is 2.34. The molecule has 1 aromatic heterocycles. The van der Waals surface area contributed by atoms with E-state index < -0.39 is 0 Å². The third-order valence-electron chi connectivity index (χ3n) is 4.87. The van der Waals surface area contributed by atoms with E-state index in [1.807, 2.05) is 19.4 Å². The van der Waals surface area contributed by atoms with E-state index >= 15 is 0 Å². The van der Waals surface area contributed by atoms with Crippen molar-refractivity contribution in [3.63, 3.8) is 0 Å². The maximum Gasteiger partial charge on any atom is 0.109 e. The molecule has 1 unspecified atom stereocenters. The van der Waals surface area contributed by atoms with E-state index in [9.17, 15) is 0 Å². The van der Waals surface area contributed by atoms with E-state index in [4.69, 9.17) is 5.73 Å². The number of imidazole rings is 1. The highest BCUT2D eigenvalue weighted by atomic mass is 15.2. The largest absolute Gasteiger partial charge is 0.338 e. The summed E-state index contributed by atoms with van der Waals surface area (Å²) in [5, 5.41) is 0. The van der Waals surface area contributed by atoms with Crippen LogP contribution in [0, 0.1) is 0 Å². The number of hydrogen-bond acceptors (Lipinski definition) is 3. The summed E-state index contributed by atoms with van der Waals surface area (Å²) in [6.07, 6.45) is 12.4. The molecule has 4 heteroatoms. The van der Waals surface area contributed by atoms with E-state index in [-0.39, 0.29) is 11.6 Å². The minimum absolute atomic E-state index is 0.141. The van der Waals surface area contributed by atoms with Crippen molar-refractivity contribution in [1.82, 2.24) is 14.5 Å². The summed E-state index contributed by atoms with van der Waals surface area (Å²) in [4.78, 5) is 6.80. The molecule has 1 aliphatic carbocycles. The molecule has 0 aliphatic heterocycles. The van der Waals surface area contributed by atoms with Gasteiger partial charge in [-0.05, 0) is 26.9 Å². The lowest BCUT2D eigenvalue weighted by Gasteiger charge is -2.44. The number of rotatable bonds is 4. The van der Waals surface area contributed by atoms with Gasteiger partial charge in [-0.1, -0.05) is 25.7 Å². The van der Waals surface area contributed by atoms with Crippen LogP contribution in [0.2, 0.25) is 0 Å². The Balaban J connectivity index is 2.16. The fraction of sp³-hybridized carbons (Fsp3) is 0.800. The summed E-state index contributed by atoms with van der Waals surface area (Å²) in [7, 11) is 6.41. The van der Waals surface area contributed by atoms with Gasteiger partial charge in [-0.25, -0.2) is 4.98 Å². The van der Waals surface area contributed by atoms with Crippen molar-refractivity contribution >= 4 is 0 Å². The van der Waals surface area contributed by atoms with Crippen LogP contribution in [0.1, 0.15) is 44.3 Å². The van der Waals surface area contributed by atoms with Crippen LogP contribution in [-0.2, 0) is 13.5 Å². The monoisotopic (exact) mass is 264 g/mol. The van der Waals surface area contributed by atoms with Gasteiger partial charge in [0.2, 0.25) is 0 Å². The average molecular weight is 264 g/mol. The number of hydrogen-bond donors (Lipinski definition) is 1. The van der Waals surface area contributed by atoms with Gasteiger partial charge >= 0.3 is 0 Å². The fourth-order valence-corrected chi connectivity index (χ4v) is 3.47. The molecule has 1 aliphatic rings. The van der Waals surface area contributed by atoms with Crippen LogP contribution in [0.3, 0.4) is 0 Å². The summed E-state index contributed by atoms with van der Waals surface area (Å²) in [6, 6.07) is 0.154. The SMILES string of the molecule is CN(C)C1(C(N)Cc2nccn2C)CCCCCC1. The van der Waals surface area contributed by atoms with Crippen LogP contribution in [0.4, 0.5) is 0 Å². The van der Waals surface area contributed by atoms with Crippen molar-refractivity contribution in [2.24, 2.45) is 12.8 Å². The zero-order chi connectivity index (χ0) is 13.9. The predicted molar refractivity (Wildman–Crippen MR) is 79.0 cm³/mol. The Hall–Kier alpha value is -0.870. The first-order valence-electron chi connectivity index (χ1n) is 7.45. The number of aromatic nitrogens is 2. The number of likely N-dealkylation sites (N-methyl/N-ethyl adjacent to an activating group) is 1. The Morgan fingerprint density at radius 1 is 1.32 bits per heavy atom. The van der Waals surface area contributed by atoms with E-state index in [2.05, 4.69) is 28.5 Å². The molecule has 19 heavy (non-hydrogen) atoms. The second-order valence-corrected chi connectivity index (χ2v) is 6.18. The lowest BCUT2D eigenvalue weighted by Crippen LogP contribution is -2.58. The van der Waals surface area contributed by atoms with Gasteiger partial charge in [0.1, 0.15) is 5.82 Å². The molecule has 0 spiro atoms. The third kappa shape index (κ3) is 3.00. The maximum atomic E-state index is 6.62. The van der Waals surface area contributed by atoms with Crippen molar-refractivity contribution < 1.29 is 0 Å². The van der Waals surface area contributed by atoms with E-state index in [1.54, 1.807) is 0 Å². The summed E-state index contributed by atoms with van der Waals surface area (Å²) in [5.74, 6) is 1.10. The van der Waals surface area contributed by atoms with Gasteiger partial charge < -0.3 is 15.2 Å². The van der Waals surface area contributed by atoms with Gasteiger partial charge in [0, 0.05) is 37.4 Å². The normalized spacial score (nSPS) is 21.3. The van der Waals surface area contributed by atoms with Crippen LogP contribution in [0.25, 0.3) is 0 Å². The van der Waals surface area contributed by atoms with E-state index in [1.165, 1.54) is 38.5 Å². The Labute approximate surface area is 117 Å². The van der Waals surface area contributed by atoms with Gasteiger partial charge in [0.05, 0.1) is 0 Å². The van der Waals surface area contributed by atoms with Crippen molar-refractivity contribution in [1.29, 1.82) is 0 Å². The highest BCUT2D eigenvalue weighted by molar-refractivity contribution is 5.04. The van der Waals surface area contributed by atoms with Crippen molar-refractivity contribution in [3.8, 4) is 0 Å². The zero-order valence-corrected chi connectivity index (χ0v) is 12.6. The van der Waals surface area contributed by atoms with E-state index in [0.29, 0.717) is 0 Å². The van der Waals surface area contributed by atoms with Crippen LogP contribution in [0.5, 0.6) is 0 Å². The Bertz CT molecular complexity index is 389. The molecule has 2 rings (SSSR count). The first-order chi connectivity index (χ1) is 9.06. The minimum Gasteiger partial charge on any atom is -0.338 e. The molecule has 0 saturated heterocycles. The lowest BCUT2D eigenvalue weighted by molar-refractivity contribution is 0.0957. The minimum atomic E-state index is 0.141. The van der Waals surface area contributed by atoms with Gasteiger partial charge in [-0.2, -0.15) is 0 Å². The smallest absolute Gasteiger partial charge is 0.109 e. The van der Waals surface area contributed by atoms with Crippen LogP contribution < -0.4 is 5.73 Å². The predicted octanol–water partition coefficient (Wildman–Crippen LogP) is 1.94. The summed E-state index contributed by atoms with van der Waals surface area (Å²) < 4.78 is 2.08. The van der Waals surface area contributed by atoms with Gasteiger partial charge in [0.15, 0.2) is 0 Å². The quantitative estimate of drug-likeness (QED) is 0.846. The second-order valence-electron chi connectivity index (χ2n) is 6.18. The molecule has 4 nitrogen and oxygen atoms in total. The van der Waals surface area contributed by atoms with Crippen molar-refractivity contribution in [2.75, 3.05) is 14.1 Å². The molecule has 0 aromatic carbocycles. The molecular formula is C15H28N4. The molecule has 2 N–H and O–H groups in total. The average Bonchev–Trinajstić information content (AvgIpc) is 2.66. The first kappa shape index (κ1) is 14.5. The summed E-state index contributed by atoms with van der Waals surface area (Å²) in [6.45, 7) is 0. The number of nitrogens with two attached hydrogens (primary N) is 1. The summed E-state index contributed by atoms with van der Waals surface area (Å²) >= 11 is 0. The lowest BCUT2D eigenvalue weighted by atomic mass is 9.80. The molecule has 1 atom stereocenters. The fourth-order valence-electron chi connectivity index (χ4n) is 3.47. The molecule has 1 fully saturated rings. The van der Waals surface area contributed by atoms with Gasteiger partial charge in [-0.15, -0.1) is 0 Å². The van der Waals surface area contributed by atoms with Crippen molar-refractivity contribution in [3.05, 3.63) is 18.2 Å². The van der Waals surface area contributed by atoms with Crippen LogP contribution in [0.15, 0.2) is 12.4 Å². The second kappa shape index (κ2) is 6.06. The summed E-state index contributed by atoms with van der Waals surface area (Å²) in [5.41, 5.74) is 6.76. The maximum absolute atomic E-state index is 6.62. The third-order valence-corrected chi connectivity index (χ3v) is 4.87. The topological polar surface area (TPSA) is 47.1 Å². The molecule has 108 valence electrons. The Morgan fingerprint density at radius 3 is 2.42 bits per heavy atom.